The molecular formula is C17H26ClN3O2. The second-order valence-corrected chi connectivity index (χ2v) is 6.91. The molecule has 0 unspecified atom stereocenters. The lowest BCUT2D eigenvalue weighted by molar-refractivity contribution is 0.0949. The Morgan fingerprint density at radius 2 is 1.83 bits per heavy atom. The lowest BCUT2D eigenvalue weighted by Gasteiger charge is -2.20. The molecule has 0 aliphatic heterocycles. The van der Waals surface area contributed by atoms with Gasteiger partial charge in [-0.3, -0.25) is 4.79 Å². The van der Waals surface area contributed by atoms with Crippen LogP contribution in [0, 0.1) is 11.8 Å². The molecule has 0 heterocycles. The summed E-state index contributed by atoms with van der Waals surface area (Å²) in [4.78, 5) is 25.7. The van der Waals surface area contributed by atoms with Gasteiger partial charge < -0.3 is 15.5 Å². The van der Waals surface area contributed by atoms with Crippen molar-refractivity contribution in [1.82, 2.24) is 10.2 Å². The minimum atomic E-state index is -0.210. The van der Waals surface area contributed by atoms with Crippen molar-refractivity contribution in [2.45, 2.75) is 27.7 Å². The minimum absolute atomic E-state index is 0.202. The lowest BCUT2D eigenvalue weighted by Crippen LogP contribution is -2.34. The van der Waals surface area contributed by atoms with Crippen LogP contribution < -0.4 is 10.6 Å². The molecule has 0 spiro atoms. The van der Waals surface area contributed by atoms with Gasteiger partial charge in [0.15, 0.2) is 0 Å². The maximum absolute atomic E-state index is 12.0. The van der Waals surface area contributed by atoms with Crippen LogP contribution in [0.25, 0.3) is 0 Å². The first kappa shape index (κ1) is 19.3. The van der Waals surface area contributed by atoms with Gasteiger partial charge in [0.05, 0.1) is 10.6 Å². The second kappa shape index (κ2) is 8.77. The van der Waals surface area contributed by atoms with Gasteiger partial charge in [0.25, 0.3) is 5.91 Å². The smallest absolute Gasteiger partial charge is 0.321 e. The first-order valence-electron chi connectivity index (χ1n) is 7.80. The van der Waals surface area contributed by atoms with Crippen LogP contribution in [0.15, 0.2) is 18.2 Å². The monoisotopic (exact) mass is 339 g/mol. The summed E-state index contributed by atoms with van der Waals surface area (Å²) in [6.07, 6.45) is 0. The zero-order valence-electron chi connectivity index (χ0n) is 14.4. The largest absolute Gasteiger partial charge is 0.352 e. The molecule has 0 saturated carbocycles. The molecular weight excluding hydrogens is 314 g/mol. The Kier molecular flexibility index (Phi) is 7.36. The van der Waals surface area contributed by atoms with Crippen LogP contribution in [0.4, 0.5) is 10.5 Å². The van der Waals surface area contributed by atoms with Gasteiger partial charge in [0, 0.05) is 25.8 Å². The SMILES string of the molecule is CC(C)CNC(=O)c1ccc(NC(=O)N(C)CC(C)C)cc1Cl. The number of benzene rings is 1. The van der Waals surface area contributed by atoms with Crippen LogP contribution >= 0.6 is 11.6 Å². The van der Waals surface area contributed by atoms with Crippen LogP contribution in [0.2, 0.25) is 5.02 Å². The zero-order valence-corrected chi connectivity index (χ0v) is 15.2. The number of nitrogens with zero attached hydrogens (tertiary/aromatic N) is 1. The number of nitrogens with one attached hydrogen (secondary N) is 2. The lowest BCUT2D eigenvalue weighted by atomic mass is 10.1. The van der Waals surface area contributed by atoms with Gasteiger partial charge in [-0.15, -0.1) is 0 Å². The third kappa shape index (κ3) is 6.48. The summed E-state index contributed by atoms with van der Waals surface area (Å²) >= 11 is 6.16. The number of amides is 3. The average Bonchev–Trinajstić information content (AvgIpc) is 2.44. The molecule has 0 aliphatic rings. The normalized spacial score (nSPS) is 10.8. The van der Waals surface area contributed by atoms with E-state index in [2.05, 4.69) is 10.6 Å². The second-order valence-electron chi connectivity index (χ2n) is 6.50. The van der Waals surface area contributed by atoms with Crippen LogP contribution in [-0.4, -0.2) is 37.0 Å². The average molecular weight is 340 g/mol. The Morgan fingerprint density at radius 1 is 1.17 bits per heavy atom. The molecule has 1 rings (SSSR count). The number of urea groups is 1. The van der Waals surface area contributed by atoms with E-state index in [9.17, 15) is 9.59 Å². The van der Waals surface area contributed by atoms with Crippen molar-refractivity contribution in [3.05, 3.63) is 28.8 Å². The van der Waals surface area contributed by atoms with E-state index in [1.54, 1.807) is 30.1 Å². The molecule has 2 N–H and O–H groups in total. The molecule has 0 saturated heterocycles. The highest BCUT2D eigenvalue weighted by molar-refractivity contribution is 6.34. The summed E-state index contributed by atoms with van der Waals surface area (Å²) in [5.41, 5.74) is 0.969. The molecule has 0 radical (unpaired) electrons. The van der Waals surface area contributed by atoms with Gasteiger partial charge in [-0.1, -0.05) is 39.3 Å². The summed E-state index contributed by atoms with van der Waals surface area (Å²) < 4.78 is 0. The Labute approximate surface area is 143 Å². The van der Waals surface area contributed by atoms with Crippen molar-refractivity contribution < 1.29 is 9.59 Å². The molecule has 0 atom stereocenters. The fourth-order valence-corrected chi connectivity index (χ4v) is 2.28. The van der Waals surface area contributed by atoms with Crippen molar-refractivity contribution >= 4 is 29.2 Å². The molecule has 0 bridgehead atoms. The van der Waals surface area contributed by atoms with Gasteiger partial charge in [0.2, 0.25) is 0 Å². The van der Waals surface area contributed by atoms with Gasteiger partial charge in [-0.25, -0.2) is 4.79 Å². The fraction of sp³-hybridized carbons (Fsp3) is 0.529. The number of carbonyl (C=O) groups is 2. The number of hydrogen-bond acceptors (Lipinski definition) is 2. The number of hydrogen-bond donors (Lipinski definition) is 2. The number of halogens is 1. The molecule has 5 nitrogen and oxygen atoms in total. The Hall–Kier alpha value is -1.75. The van der Waals surface area contributed by atoms with Crippen LogP contribution in [0.3, 0.4) is 0 Å². The van der Waals surface area contributed by atoms with Crippen molar-refractivity contribution in [2.75, 3.05) is 25.5 Å². The van der Waals surface area contributed by atoms with Gasteiger partial charge >= 0.3 is 6.03 Å². The highest BCUT2D eigenvalue weighted by Gasteiger charge is 2.14. The van der Waals surface area contributed by atoms with Crippen LogP contribution in [0.5, 0.6) is 0 Å². The predicted molar refractivity (Wildman–Crippen MR) is 95.1 cm³/mol. The molecule has 23 heavy (non-hydrogen) atoms. The number of carbonyl (C=O) groups excluding carboxylic acids is 2. The summed E-state index contributed by atoms with van der Waals surface area (Å²) in [5, 5.41) is 5.91. The number of rotatable bonds is 6. The van der Waals surface area contributed by atoms with E-state index in [-0.39, 0.29) is 11.9 Å². The quantitative estimate of drug-likeness (QED) is 0.827. The van der Waals surface area contributed by atoms with Crippen LogP contribution in [-0.2, 0) is 0 Å². The van der Waals surface area contributed by atoms with Crippen molar-refractivity contribution in [3.63, 3.8) is 0 Å². The molecule has 6 heteroatoms. The van der Waals surface area contributed by atoms with E-state index in [1.165, 1.54) is 0 Å². The summed E-state index contributed by atoms with van der Waals surface area (Å²) in [7, 11) is 1.74. The number of anilines is 1. The van der Waals surface area contributed by atoms with E-state index >= 15 is 0 Å². The van der Waals surface area contributed by atoms with E-state index in [0.717, 1.165) is 0 Å². The summed E-state index contributed by atoms with van der Waals surface area (Å²) in [6, 6.07) is 4.69. The van der Waals surface area contributed by atoms with Crippen molar-refractivity contribution in [1.29, 1.82) is 0 Å². The molecule has 128 valence electrons. The topological polar surface area (TPSA) is 61.4 Å². The Balaban J connectivity index is 2.72. The molecule has 3 amide bonds. The zero-order chi connectivity index (χ0) is 17.6. The van der Waals surface area contributed by atoms with Gasteiger partial charge in [0.1, 0.15) is 0 Å². The highest BCUT2D eigenvalue weighted by Crippen LogP contribution is 2.21. The third-order valence-corrected chi connectivity index (χ3v) is 3.43. The van der Waals surface area contributed by atoms with E-state index < -0.39 is 0 Å². The molecule has 1 aromatic carbocycles. The van der Waals surface area contributed by atoms with E-state index in [1.807, 2.05) is 27.7 Å². The predicted octanol–water partition coefficient (Wildman–Crippen LogP) is 3.85. The Bertz CT molecular complexity index is 559. The van der Waals surface area contributed by atoms with E-state index in [0.29, 0.717) is 41.2 Å². The molecule has 1 aromatic rings. The maximum atomic E-state index is 12.0. The highest BCUT2D eigenvalue weighted by atomic mass is 35.5. The fourth-order valence-electron chi connectivity index (χ4n) is 2.02. The van der Waals surface area contributed by atoms with Gasteiger partial charge in [-0.05, 0) is 30.0 Å². The van der Waals surface area contributed by atoms with Crippen molar-refractivity contribution in [2.24, 2.45) is 11.8 Å². The summed E-state index contributed by atoms with van der Waals surface area (Å²) in [5.74, 6) is 0.549. The molecule has 0 aliphatic carbocycles. The molecule has 0 fully saturated rings. The maximum Gasteiger partial charge on any atom is 0.321 e. The molecule has 0 aromatic heterocycles. The van der Waals surface area contributed by atoms with Crippen LogP contribution in [0.1, 0.15) is 38.1 Å². The standard InChI is InChI=1S/C17H26ClN3O2/c1-11(2)9-19-16(22)14-7-6-13(8-15(14)18)20-17(23)21(5)10-12(3)4/h6-8,11-12H,9-10H2,1-5H3,(H,19,22)(H,20,23). The third-order valence-electron chi connectivity index (χ3n) is 3.12. The van der Waals surface area contributed by atoms with Crippen molar-refractivity contribution in [3.8, 4) is 0 Å². The minimum Gasteiger partial charge on any atom is -0.352 e. The van der Waals surface area contributed by atoms with E-state index in [4.69, 9.17) is 11.6 Å². The first-order chi connectivity index (χ1) is 10.7. The Morgan fingerprint density at radius 3 is 2.35 bits per heavy atom. The first-order valence-corrected chi connectivity index (χ1v) is 8.18. The summed E-state index contributed by atoms with van der Waals surface area (Å²) in [6.45, 7) is 9.39. The van der Waals surface area contributed by atoms with Gasteiger partial charge in [-0.2, -0.15) is 0 Å².